The zero-order chi connectivity index (χ0) is 26.1. The summed E-state index contributed by atoms with van der Waals surface area (Å²) in [5.41, 5.74) is 11.5. The van der Waals surface area contributed by atoms with Gasteiger partial charge in [-0.3, -0.25) is 5.10 Å². The van der Waals surface area contributed by atoms with Gasteiger partial charge in [0.1, 0.15) is 11.2 Å². The molecule has 4 nitrogen and oxygen atoms in total. The Morgan fingerprint density at radius 1 is 0.615 bits per heavy atom. The van der Waals surface area contributed by atoms with E-state index >= 15 is 0 Å². The van der Waals surface area contributed by atoms with Crippen molar-refractivity contribution in [3.63, 3.8) is 0 Å². The molecule has 0 amide bonds. The molecule has 2 aromatic heterocycles. The highest BCUT2D eigenvalue weighted by molar-refractivity contribution is 6.08. The van der Waals surface area contributed by atoms with Crippen molar-refractivity contribution >= 4 is 21.9 Å². The highest BCUT2D eigenvalue weighted by atomic mass is 16.3. The van der Waals surface area contributed by atoms with Crippen LogP contribution in [-0.4, -0.2) is 15.2 Å². The highest BCUT2D eigenvalue weighted by Gasteiger charge is 2.36. The number of aromatic amines is 1. The first-order chi connectivity index (χ1) is 19.1. The van der Waals surface area contributed by atoms with Crippen molar-refractivity contribution in [2.24, 2.45) is 0 Å². The van der Waals surface area contributed by atoms with Crippen LogP contribution in [0.3, 0.4) is 0 Å². The molecule has 0 unspecified atom stereocenters. The lowest BCUT2D eigenvalue weighted by atomic mass is 9.82. The number of hydrogen-bond donors (Lipinski definition) is 1. The number of nitrogens with zero attached hydrogens (tertiary/aromatic N) is 2. The summed E-state index contributed by atoms with van der Waals surface area (Å²) >= 11 is 0. The van der Waals surface area contributed by atoms with Gasteiger partial charge >= 0.3 is 0 Å². The third-order valence-corrected chi connectivity index (χ3v) is 8.18. The fourth-order valence-electron chi connectivity index (χ4n) is 6.19. The predicted octanol–water partition coefficient (Wildman–Crippen LogP) is 9.01. The van der Waals surface area contributed by atoms with E-state index in [2.05, 4.69) is 90.8 Å². The van der Waals surface area contributed by atoms with Gasteiger partial charge in [-0.15, -0.1) is 0 Å². The van der Waals surface area contributed by atoms with E-state index in [0.29, 0.717) is 5.82 Å². The van der Waals surface area contributed by atoms with Crippen LogP contribution in [0.25, 0.3) is 67.0 Å². The summed E-state index contributed by atoms with van der Waals surface area (Å²) in [5, 5.41) is 9.72. The van der Waals surface area contributed by atoms with Gasteiger partial charge in [0.05, 0.1) is 0 Å². The van der Waals surface area contributed by atoms with Gasteiger partial charge in [-0.2, -0.15) is 5.10 Å². The van der Waals surface area contributed by atoms with Crippen molar-refractivity contribution in [3.05, 3.63) is 120 Å². The molecule has 0 atom stereocenters. The summed E-state index contributed by atoms with van der Waals surface area (Å²) in [6, 6.07) is 38.3. The Morgan fingerprint density at radius 3 is 2.10 bits per heavy atom. The number of nitrogens with one attached hydrogen (secondary N) is 1. The van der Waals surface area contributed by atoms with Crippen molar-refractivity contribution in [1.29, 1.82) is 0 Å². The first-order valence-corrected chi connectivity index (χ1v) is 13.3. The number of hydrogen-bond acceptors (Lipinski definition) is 3. The summed E-state index contributed by atoms with van der Waals surface area (Å²) in [6.45, 7) is 4.64. The van der Waals surface area contributed by atoms with E-state index in [0.717, 1.165) is 38.9 Å². The van der Waals surface area contributed by atoms with Gasteiger partial charge in [-0.05, 0) is 63.7 Å². The molecule has 8 rings (SSSR count). The molecule has 186 valence electrons. The molecule has 7 aromatic rings. The highest BCUT2D eigenvalue weighted by Crippen LogP contribution is 2.52. The van der Waals surface area contributed by atoms with Crippen LogP contribution in [0.15, 0.2) is 114 Å². The maximum absolute atomic E-state index is 6.24. The molecule has 39 heavy (non-hydrogen) atoms. The van der Waals surface area contributed by atoms with E-state index < -0.39 is 0 Å². The lowest BCUT2D eigenvalue weighted by Gasteiger charge is -2.21. The topological polar surface area (TPSA) is 54.7 Å². The van der Waals surface area contributed by atoms with E-state index in [4.69, 9.17) is 9.40 Å². The Kier molecular flexibility index (Phi) is 4.54. The number of rotatable bonds is 3. The first kappa shape index (κ1) is 22.1. The van der Waals surface area contributed by atoms with Crippen LogP contribution in [0, 0.1) is 0 Å². The van der Waals surface area contributed by atoms with E-state index in [1.54, 1.807) is 0 Å². The third-order valence-electron chi connectivity index (χ3n) is 8.18. The van der Waals surface area contributed by atoms with E-state index in [1.165, 1.54) is 33.4 Å². The van der Waals surface area contributed by atoms with Crippen LogP contribution < -0.4 is 0 Å². The number of H-pyrrole nitrogens is 1. The molecule has 2 heterocycles. The Balaban J connectivity index is 1.27. The maximum Gasteiger partial charge on any atom is 0.181 e. The SMILES string of the molecule is CC1(C)c2ccccc2-c2c(-c3ccc4oc5ccc(-c6nc(-c7ccccc7)n[nH]6)cc5c4c3)cccc21. The second-order valence-electron chi connectivity index (χ2n) is 10.8. The van der Waals surface area contributed by atoms with Gasteiger partial charge in [0.2, 0.25) is 0 Å². The average Bonchev–Trinajstić information content (AvgIpc) is 3.67. The molecule has 4 heteroatoms. The molecule has 1 aliphatic carbocycles. The Labute approximate surface area is 226 Å². The van der Waals surface area contributed by atoms with E-state index in [1.807, 2.05) is 42.5 Å². The normalized spacial score (nSPS) is 13.6. The molecule has 0 saturated carbocycles. The third kappa shape index (κ3) is 3.25. The van der Waals surface area contributed by atoms with Crippen LogP contribution in [0.4, 0.5) is 0 Å². The lowest BCUT2D eigenvalue weighted by molar-refractivity contribution is 0.660. The number of aromatic nitrogens is 3. The van der Waals surface area contributed by atoms with E-state index in [9.17, 15) is 0 Å². The Hall–Kier alpha value is -4.96. The summed E-state index contributed by atoms with van der Waals surface area (Å²) in [6.07, 6.45) is 0. The fourth-order valence-corrected chi connectivity index (χ4v) is 6.19. The Morgan fingerprint density at radius 2 is 1.28 bits per heavy atom. The number of benzene rings is 5. The van der Waals surface area contributed by atoms with Gasteiger partial charge in [0, 0.05) is 27.3 Å². The van der Waals surface area contributed by atoms with Crippen molar-refractivity contribution in [2.45, 2.75) is 19.3 Å². The summed E-state index contributed by atoms with van der Waals surface area (Å²) in [7, 11) is 0. The smallest absolute Gasteiger partial charge is 0.181 e. The first-order valence-electron chi connectivity index (χ1n) is 13.3. The molecule has 0 spiro atoms. The molecule has 0 aliphatic heterocycles. The number of furan rings is 1. The quantitative estimate of drug-likeness (QED) is 0.262. The van der Waals surface area contributed by atoms with Gasteiger partial charge in [-0.1, -0.05) is 92.7 Å². The second kappa shape index (κ2) is 8.02. The maximum atomic E-state index is 6.24. The molecule has 0 bridgehead atoms. The summed E-state index contributed by atoms with van der Waals surface area (Å²) < 4.78 is 6.24. The Bertz CT molecular complexity index is 2050. The van der Waals surface area contributed by atoms with Gasteiger partial charge in [0.25, 0.3) is 0 Å². The van der Waals surface area contributed by atoms with Crippen molar-refractivity contribution in [1.82, 2.24) is 15.2 Å². The zero-order valence-corrected chi connectivity index (χ0v) is 21.7. The second-order valence-corrected chi connectivity index (χ2v) is 10.8. The van der Waals surface area contributed by atoms with Crippen LogP contribution in [0.1, 0.15) is 25.0 Å². The molecule has 1 aliphatic rings. The molecular weight excluding hydrogens is 478 g/mol. The van der Waals surface area contributed by atoms with Crippen molar-refractivity contribution < 1.29 is 4.42 Å². The minimum atomic E-state index is -0.0288. The monoisotopic (exact) mass is 503 g/mol. The standard InChI is InChI=1S/C35H25N3O/c1-35(2)28-13-7-6-11-25(28)32-24(12-8-14-29(32)35)22-15-17-30-26(19-22)27-20-23(16-18-31(27)39-30)34-36-33(37-38-34)21-9-4-3-5-10-21/h3-20H,1-2H3,(H,36,37,38). The predicted molar refractivity (Wildman–Crippen MR) is 158 cm³/mol. The van der Waals surface area contributed by atoms with Gasteiger partial charge in [-0.25, -0.2) is 4.98 Å². The zero-order valence-electron chi connectivity index (χ0n) is 21.7. The molecule has 0 radical (unpaired) electrons. The molecular formula is C35H25N3O. The largest absolute Gasteiger partial charge is 0.456 e. The molecule has 0 saturated heterocycles. The van der Waals surface area contributed by atoms with Crippen molar-refractivity contribution in [2.75, 3.05) is 0 Å². The summed E-state index contributed by atoms with van der Waals surface area (Å²) in [5.74, 6) is 1.42. The minimum absolute atomic E-state index is 0.0288. The average molecular weight is 504 g/mol. The van der Waals surface area contributed by atoms with Gasteiger partial charge in [0.15, 0.2) is 11.6 Å². The van der Waals surface area contributed by atoms with Crippen LogP contribution in [-0.2, 0) is 5.41 Å². The summed E-state index contributed by atoms with van der Waals surface area (Å²) in [4.78, 5) is 4.76. The fraction of sp³-hybridized carbons (Fsp3) is 0.0857. The van der Waals surface area contributed by atoms with Crippen LogP contribution >= 0.6 is 0 Å². The van der Waals surface area contributed by atoms with Crippen molar-refractivity contribution in [3.8, 4) is 45.0 Å². The van der Waals surface area contributed by atoms with Crippen LogP contribution in [0.2, 0.25) is 0 Å². The van der Waals surface area contributed by atoms with Gasteiger partial charge < -0.3 is 4.42 Å². The van der Waals surface area contributed by atoms with E-state index in [-0.39, 0.29) is 5.41 Å². The molecule has 1 N–H and O–H groups in total. The molecule has 5 aromatic carbocycles. The molecule has 0 fully saturated rings. The lowest BCUT2D eigenvalue weighted by Crippen LogP contribution is -2.14. The minimum Gasteiger partial charge on any atom is -0.456 e. The number of fused-ring (bicyclic) bond motifs is 6. The van der Waals surface area contributed by atoms with Crippen LogP contribution in [0.5, 0.6) is 0 Å².